The van der Waals surface area contributed by atoms with Gasteiger partial charge in [0.2, 0.25) is 0 Å². The molecular weight excluding hydrogens is 544 g/mol. The lowest BCUT2D eigenvalue weighted by Crippen LogP contribution is -2.43. The predicted molar refractivity (Wildman–Crippen MR) is 169 cm³/mol. The van der Waals surface area contributed by atoms with Gasteiger partial charge in [0, 0.05) is 17.9 Å². The smallest absolute Gasteiger partial charge is 0.326 e. The van der Waals surface area contributed by atoms with Gasteiger partial charge in [0.15, 0.2) is 0 Å². The molecule has 1 aliphatic heterocycles. The Balaban J connectivity index is 1.21. The second-order valence-corrected chi connectivity index (χ2v) is 11.2. The normalized spacial score (nSPS) is 13.7. The number of aromatic hydroxyl groups is 1. The second-order valence-electron chi connectivity index (χ2n) is 11.2. The van der Waals surface area contributed by atoms with Crippen LogP contribution in [0.25, 0.3) is 0 Å². The Morgan fingerprint density at radius 1 is 0.907 bits per heavy atom. The average molecular weight is 589 g/mol. The van der Waals surface area contributed by atoms with E-state index < -0.39 is 18.0 Å². The van der Waals surface area contributed by atoms with Crippen LogP contribution in [0.1, 0.15) is 69.0 Å². The number of para-hydroxylation sites is 1. The first kappa shape index (κ1) is 31.7. The SMILES string of the molecule is O=C(Nc1ccc(O)cc1)N[C@@H](CCCCC(CCCCc1ccc2c(n1)NCCC2)CCOc1ccccc1)C(=O)O. The second kappa shape index (κ2) is 17.0. The number of carbonyl (C=O) groups is 2. The first-order valence-electron chi connectivity index (χ1n) is 15.5. The van der Waals surface area contributed by atoms with Crippen LogP contribution < -0.4 is 20.7 Å². The van der Waals surface area contributed by atoms with E-state index in [1.54, 1.807) is 12.1 Å². The lowest BCUT2D eigenvalue weighted by molar-refractivity contribution is -0.139. The molecular formula is C34H44N4O5. The first-order chi connectivity index (χ1) is 21.0. The number of amides is 2. The molecule has 0 spiro atoms. The third kappa shape index (κ3) is 11.1. The molecule has 2 aromatic carbocycles. The zero-order valence-corrected chi connectivity index (χ0v) is 24.8. The molecule has 1 aromatic heterocycles. The summed E-state index contributed by atoms with van der Waals surface area (Å²) < 4.78 is 5.98. The number of aliphatic carboxylic acids is 1. The molecule has 4 rings (SSSR count). The standard InChI is InChI=1S/C34H44N4O5/c39-29-20-18-28(19-21-29)37-34(42)38-31(33(40)41)15-7-5-10-25(22-24-43-30-13-2-1-3-14-30)9-4-6-12-27-17-16-26-11-8-23-35-32(26)36-27/h1-3,13-14,16-21,25,31,39H,4-12,15,22-24H2,(H,35,36)(H,40,41)(H2,37,38,42)/t25?,31-/m0/s1. The minimum atomic E-state index is -1.06. The van der Waals surface area contributed by atoms with Crippen molar-refractivity contribution in [1.29, 1.82) is 0 Å². The summed E-state index contributed by atoms with van der Waals surface area (Å²) in [6.45, 7) is 1.63. The molecule has 0 aliphatic carbocycles. The summed E-state index contributed by atoms with van der Waals surface area (Å²) in [5.74, 6) is 1.42. The Morgan fingerprint density at radius 2 is 1.65 bits per heavy atom. The Morgan fingerprint density at radius 3 is 2.42 bits per heavy atom. The molecule has 2 heterocycles. The maximum Gasteiger partial charge on any atom is 0.326 e. The van der Waals surface area contributed by atoms with Crippen LogP contribution in [0.15, 0.2) is 66.7 Å². The van der Waals surface area contributed by atoms with Crippen molar-refractivity contribution in [1.82, 2.24) is 10.3 Å². The van der Waals surface area contributed by atoms with E-state index in [0.717, 1.165) is 81.6 Å². The molecule has 1 aliphatic rings. The van der Waals surface area contributed by atoms with Gasteiger partial charge >= 0.3 is 12.0 Å². The number of nitrogens with zero attached hydrogens (tertiary/aromatic N) is 1. The van der Waals surface area contributed by atoms with Gasteiger partial charge in [-0.25, -0.2) is 14.6 Å². The molecule has 230 valence electrons. The molecule has 0 saturated heterocycles. The van der Waals surface area contributed by atoms with Gasteiger partial charge in [-0.2, -0.15) is 0 Å². The quantitative estimate of drug-likeness (QED) is 0.0867. The van der Waals surface area contributed by atoms with Crippen LogP contribution in [0.4, 0.5) is 16.3 Å². The molecule has 0 radical (unpaired) electrons. The van der Waals surface area contributed by atoms with E-state index in [-0.39, 0.29) is 5.75 Å². The highest BCUT2D eigenvalue weighted by molar-refractivity contribution is 5.92. The van der Waals surface area contributed by atoms with E-state index in [9.17, 15) is 19.8 Å². The van der Waals surface area contributed by atoms with Gasteiger partial charge in [-0.1, -0.05) is 56.4 Å². The van der Waals surface area contributed by atoms with Gasteiger partial charge in [-0.05, 0) is 92.5 Å². The fraction of sp³-hybridized carbons (Fsp3) is 0.441. The van der Waals surface area contributed by atoms with E-state index >= 15 is 0 Å². The van der Waals surface area contributed by atoms with Crippen LogP contribution in [0.2, 0.25) is 0 Å². The van der Waals surface area contributed by atoms with Crippen LogP contribution in [0, 0.1) is 5.92 Å². The van der Waals surface area contributed by atoms with Crippen LogP contribution in [0.3, 0.4) is 0 Å². The molecule has 3 aromatic rings. The average Bonchev–Trinajstić information content (AvgIpc) is 3.01. The van der Waals surface area contributed by atoms with Gasteiger partial charge < -0.3 is 30.9 Å². The number of carbonyl (C=O) groups excluding carboxylic acids is 1. The number of phenolic OH excluding ortho intramolecular Hbond substituents is 1. The van der Waals surface area contributed by atoms with Crippen molar-refractivity contribution in [2.45, 2.75) is 76.7 Å². The molecule has 2 atom stereocenters. The van der Waals surface area contributed by atoms with Gasteiger partial charge in [0.25, 0.3) is 0 Å². The highest BCUT2D eigenvalue weighted by Crippen LogP contribution is 2.24. The third-order valence-corrected chi connectivity index (χ3v) is 7.87. The Kier molecular flexibility index (Phi) is 12.5. The van der Waals surface area contributed by atoms with Gasteiger partial charge in [0.1, 0.15) is 23.4 Å². The number of phenols is 1. The Labute approximate surface area is 254 Å². The number of ether oxygens (including phenoxy) is 1. The van der Waals surface area contributed by atoms with Crippen LogP contribution in [-0.4, -0.2) is 46.4 Å². The summed E-state index contributed by atoms with van der Waals surface area (Å²) in [5.41, 5.74) is 2.92. The highest BCUT2D eigenvalue weighted by Gasteiger charge is 2.20. The number of pyridine rings is 1. The maximum absolute atomic E-state index is 12.3. The van der Waals surface area contributed by atoms with Crippen molar-refractivity contribution in [3.8, 4) is 11.5 Å². The molecule has 5 N–H and O–H groups in total. The minimum absolute atomic E-state index is 0.0864. The van der Waals surface area contributed by atoms with Crippen molar-refractivity contribution in [2.75, 3.05) is 23.8 Å². The summed E-state index contributed by atoms with van der Waals surface area (Å²) >= 11 is 0. The van der Waals surface area contributed by atoms with Crippen molar-refractivity contribution in [3.05, 3.63) is 78.0 Å². The molecule has 0 saturated carbocycles. The van der Waals surface area contributed by atoms with E-state index in [2.05, 4.69) is 28.1 Å². The largest absolute Gasteiger partial charge is 0.508 e. The molecule has 43 heavy (non-hydrogen) atoms. The summed E-state index contributed by atoms with van der Waals surface area (Å²) in [6.07, 6.45) is 10.3. The number of anilines is 2. The number of carboxylic acids is 1. The van der Waals surface area contributed by atoms with Crippen molar-refractivity contribution < 1.29 is 24.5 Å². The molecule has 9 heteroatoms. The first-order valence-corrected chi connectivity index (χ1v) is 15.5. The number of nitrogens with one attached hydrogen (secondary N) is 3. The number of aryl methyl sites for hydroxylation is 2. The molecule has 0 bridgehead atoms. The number of hydrogen-bond donors (Lipinski definition) is 5. The lowest BCUT2D eigenvalue weighted by Gasteiger charge is -2.19. The Bertz CT molecular complexity index is 1290. The lowest BCUT2D eigenvalue weighted by atomic mass is 9.91. The number of rotatable bonds is 17. The molecule has 9 nitrogen and oxygen atoms in total. The van der Waals surface area contributed by atoms with Gasteiger partial charge in [0.05, 0.1) is 6.61 Å². The molecule has 2 amide bonds. The number of urea groups is 1. The molecule has 1 unspecified atom stereocenters. The van der Waals surface area contributed by atoms with E-state index in [0.29, 0.717) is 31.1 Å². The van der Waals surface area contributed by atoms with E-state index in [1.807, 2.05) is 30.3 Å². The van der Waals surface area contributed by atoms with Crippen LogP contribution in [0.5, 0.6) is 11.5 Å². The van der Waals surface area contributed by atoms with E-state index in [1.165, 1.54) is 17.7 Å². The number of carboxylic acid groups (broad SMARTS) is 1. The number of unbranched alkanes of at least 4 members (excludes halogenated alkanes) is 2. The summed E-state index contributed by atoms with van der Waals surface area (Å²) in [5, 5.41) is 27.6. The number of aromatic nitrogens is 1. The Hall–Kier alpha value is -4.27. The molecule has 0 fully saturated rings. The maximum atomic E-state index is 12.3. The zero-order chi connectivity index (χ0) is 30.3. The predicted octanol–water partition coefficient (Wildman–Crippen LogP) is 6.78. The van der Waals surface area contributed by atoms with Crippen molar-refractivity contribution >= 4 is 23.5 Å². The monoisotopic (exact) mass is 588 g/mol. The van der Waals surface area contributed by atoms with Crippen LogP contribution in [-0.2, 0) is 17.6 Å². The van der Waals surface area contributed by atoms with Gasteiger partial charge in [-0.15, -0.1) is 0 Å². The number of hydrogen-bond acceptors (Lipinski definition) is 6. The number of benzene rings is 2. The zero-order valence-electron chi connectivity index (χ0n) is 24.8. The summed E-state index contributed by atoms with van der Waals surface area (Å²) in [4.78, 5) is 29.0. The van der Waals surface area contributed by atoms with Crippen molar-refractivity contribution in [2.24, 2.45) is 5.92 Å². The minimum Gasteiger partial charge on any atom is -0.508 e. The number of fused-ring (bicyclic) bond motifs is 1. The highest BCUT2D eigenvalue weighted by atomic mass is 16.5. The fourth-order valence-electron chi connectivity index (χ4n) is 5.45. The third-order valence-electron chi connectivity index (χ3n) is 7.87. The van der Waals surface area contributed by atoms with Gasteiger partial charge in [-0.3, -0.25) is 0 Å². The van der Waals surface area contributed by atoms with Crippen molar-refractivity contribution in [3.63, 3.8) is 0 Å². The van der Waals surface area contributed by atoms with Crippen LogP contribution >= 0.6 is 0 Å². The summed E-state index contributed by atoms with van der Waals surface area (Å²) in [6, 6.07) is 18.6. The van der Waals surface area contributed by atoms with E-state index in [4.69, 9.17) is 9.72 Å². The topological polar surface area (TPSA) is 133 Å². The summed E-state index contributed by atoms with van der Waals surface area (Å²) in [7, 11) is 0. The fourth-order valence-corrected chi connectivity index (χ4v) is 5.45.